The Morgan fingerprint density at radius 1 is 0.774 bits per heavy atom. The van der Waals surface area contributed by atoms with Gasteiger partial charge in [0.15, 0.2) is 0 Å². The molecule has 0 aliphatic carbocycles. The minimum Gasteiger partial charge on any atom is -1.00 e. The number of carboxylic acids is 2. The third kappa shape index (κ3) is 9.69. The molecule has 0 aliphatic heterocycles. The van der Waals surface area contributed by atoms with Crippen molar-refractivity contribution in [1.29, 1.82) is 0 Å². The molecule has 0 spiro atoms. The summed E-state index contributed by atoms with van der Waals surface area (Å²) in [5, 5.41) is 38.7. The fraction of sp³-hybridized carbons (Fsp3) is 0.364. The maximum Gasteiger partial charge on any atom is 1.00 e. The number of rotatable bonds is 11. The first-order valence-electron chi connectivity index (χ1n) is 9.59. The second-order valence-electron chi connectivity index (χ2n) is 7.47. The molecule has 0 atom stereocenters. The van der Waals surface area contributed by atoms with Gasteiger partial charge in [0.1, 0.15) is 11.5 Å². The van der Waals surface area contributed by atoms with Crippen LogP contribution in [0.5, 0.6) is 11.5 Å². The quantitative estimate of drug-likeness (QED) is 0.328. The summed E-state index contributed by atoms with van der Waals surface area (Å²) in [6.45, 7) is 4.26. The predicted molar refractivity (Wildman–Crippen MR) is 113 cm³/mol. The van der Waals surface area contributed by atoms with Crippen LogP contribution in [0, 0.1) is 13.8 Å². The molecule has 8 nitrogen and oxygen atoms in total. The maximum atomic E-state index is 11.3. The molecule has 9 heteroatoms. The second kappa shape index (κ2) is 13.2. The number of aryl methyl sites for hydroxylation is 2. The number of nitrogens with zero attached hydrogens (tertiary/aromatic N) is 2. The van der Waals surface area contributed by atoms with E-state index in [4.69, 9.17) is 0 Å². The number of benzene rings is 2. The molecule has 164 valence electrons. The Morgan fingerprint density at radius 3 is 1.45 bits per heavy atom. The van der Waals surface area contributed by atoms with Crippen LogP contribution in [0.3, 0.4) is 0 Å². The Bertz CT molecular complexity index is 838. The van der Waals surface area contributed by atoms with Gasteiger partial charge in [0, 0.05) is 37.3 Å². The average molecular weight is 457 g/mol. The van der Waals surface area contributed by atoms with Crippen molar-refractivity contribution in [2.75, 3.05) is 26.2 Å². The van der Waals surface area contributed by atoms with E-state index in [1.54, 1.807) is 46.2 Å². The van der Waals surface area contributed by atoms with Crippen LogP contribution in [0.1, 0.15) is 23.7 Å². The average Bonchev–Trinajstić information content (AvgIpc) is 2.64. The van der Waals surface area contributed by atoms with Crippen molar-refractivity contribution in [3.8, 4) is 11.5 Å². The van der Waals surface area contributed by atoms with E-state index >= 15 is 0 Å². The number of carboxylic acid groups (broad SMARTS) is 2. The third-order valence-electron chi connectivity index (χ3n) is 4.71. The Labute approximate surface area is 226 Å². The SMILES string of the molecule is Cc1ccc(O)c(CN(CCN(CC(=O)O)Cc2cc(C)ccc2O)CC(=O)O)c1.[H-].[K+]. The summed E-state index contributed by atoms with van der Waals surface area (Å²) in [7, 11) is 0. The molecular weight excluding hydrogens is 427 g/mol. The van der Waals surface area contributed by atoms with Crippen LogP contribution in [0.2, 0.25) is 0 Å². The summed E-state index contributed by atoms with van der Waals surface area (Å²) in [5.41, 5.74) is 3.11. The number of carbonyl (C=O) groups is 2. The van der Waals surface area contributed by atoms with Crippen LogP contribution in [0.15, 0.2) is 36.4 Å². The summed E-state index contributed by atoms with van der Waals surface area (Å²) in [4.78, 5) is 25.9. The molecule has 4 N–H and O–H groups in total. The number of aliphatic carboxylic acids is 2. The monoisotopic (exact) mass is 456 g/mol. The Hall–Kier alpha value is -1.46. The minimum absolute atomic E-state index is 0. The van der Waals surface area contributed by atoms with Crippen LogP contribution >= 0.6 is 0 Å². The molecule has 2 aromatic carbocycles. The predicted octanol–water partition coefficient (Wildman–Crippen LogP) is -0.695. The van der Waals surface area contributed by atoms with E-state index in [-0.39, 0.29) is 104 Å². The van der Waals surface area contributed by atoms with Gasteiger partial charge >= 0.3 is 63.3 Å². The Balaban J connectivity index is 0.00000480. The first kappa shape index (κ1) is 27.6. The van der Waals surface area contributed by atoms with Crippen molar-refractivity contribution in [3.05, 3.63) is 58.7 Å². The molecule has 0 aliphatic rings. The van der Waals surface area contributed by atoms with Crippen molar-refractivity contribution < 1.29 is 82.8 Å². The molecule has 2 aromatic rings. The van der Waals surface area contributed by atoms with Crippen LogP contribution in [-0.4, -0.2) is 68.3 Å². The molecule has 0 aromatic heterocycles. The smallest absolute Gasteiger partial charge is 1.00 e. The van der Waals surface area contributed by atoms with Crippen molar-refractivity contribution in [3.63, 3.8) is 0 Å². The van der Waals surface area contributed by atoms with Gasteiger partial charge in [-0.05, 0) is 26.0 Å². The number of phenolic OH excluding ortho intramolecular Hbond substituents is 2. The zero-order valence-corrected chi connectivity index (χ0v) is 21.3. The standard InChI is InChI=1S/C22H28N2O6.K.H/c1-15-3-5-19(25)17(9-15)11-23(13-21(27)28)7-8-24(14-22(29)30)12-18-10-16(2)4-6-20(18)26;;/h3-6,9-10,25-26H,7-8,11-14H2,1-2H3,(H,27,28)(H,29,30);;/q;+1;-1. The van der Waals surface area contributed by atoms with Gasteiger partial charge in [-0.2, -0.15) is 0 Å². The summed E-state index contributed by atoms with van der Waals surface area (Å²) in [5.74, 6) is -1.85. The number of hydrogen-bond donors (Lipinski definition) is 4. The van der Waals surface area contributed by atoms with Crippen molar-refractivity contribution in [2.24, 2.45) is 0 Å². The van der Waals surface area contributed by atoms with Crippen LogP contribution in [0.4, 0.5) is 0 Å². The zero-order chi connectivity index (χ0) is 22.3. The van der Waals surface area contributed by atoms with E-state index in [0.717, 1.165) is 11.1 Å². The van der Waals surface area contributed by atoms with Crippen LogP contribution in [0.25, 0.3) is 0 Å². The summed E-state index contributed by atoms with van der Waals surface area (Å²) >= 11 is 0. The number of phenols is 2. The molecular formula is C22H29KN2O6. The minimum atomic E-state index is -1.01. The van der Waals surface area contributed by atoms with Gasteiger partial charge in [-0.3, -0.25) is 19.4 Å². The van der Waals surface area contributed by atoms with Crippen molar-refractivity contribution in [1.82, 2.24) is 9.80 Å². The number of hydrogen-bond acceptors (Lipinski definition) is 6. The van der Waals surface area contributed by atoms with E-state index in [9.17, 15) is 30.0 Å². The normalized spacial score (nSPS) is 10.8. The zero-order valence-electron chi connectivity index (χ0n) is 19.2. The molecule has 0 bridgehead atoms. The fourth-order valence-corrected chi connectivity index (χ4v) is 3.26. The molecule has 0 radical (unpaired) electrons. The second-order valence-corrected chi connectivity index (χ2v) is 7.47. The molecule has 0 heterocycles. The third-order valence-corrected chi connectivity index (χ3v) is 4.71. The van der Waals surface area contributed by atoms with Gasteiger partial charge in [0.2, 0.25) is 0 Å². The first-order chi connectivity index (χ1) is 14.1. The molecule has 0 amide bonds. The molecule has 0 fully saturated rings. The summed E-state index contributed by atoms with van der Waals surface area (Å²) in [6, 6.07) is 10.3. The van der Waals surface area contributed by atoms with Gasteiger partial charge in [0.25, 0.3) is 0 Å². The number of aromatic hydroxyl groups is 2. The van der Waals surface area contributed by atoms with Gasteiger partial charge in [0.05, 0.1) is 13.1 Å². The van der Waals surface area contributed by atoms with E-state index < -0.39 is 11.9 Å². The van der Waals surface area contributed by atoms with E-state index in [2.05, 4.69) is 0 Å². The van der Waals surface area contributed by atoms with Crippen molar-refractivity contribution >= 4 is 11.9 Å². The van der Waals surface area contributed by atoms with E-state index in [1.807, 2.05) is 13.8 Å². The topological polar surface area (TPSA) is 122 Å². The fourth-order valence-electron chi connectivity index (χ4n) is 3.26. The summed E-state index contributed by atoms with van der Waals surface area (Å²) < 4.78 is 0. The van der Waals surface area contributed by atoms with Gasteiger partial charge in [-0.25, -0.2) is 0 Å². The van der Waals surface area contributed by atoms with Gasteiger partial charge < -0.3 is 21.9 Å². The molecule has 0 saturated carbocycles. The summed E-state index contributed by atoms with van der Waals surface area (Å²) in [6.07, 6.45) is 0. The molecule has 31 heavy (non-hydrogen) atoms. The van der Waals surface area contributed by atoms with Gasteiger partial charge in [-0.1, -0.05) is 35.4 Å². The molecule has 0 saturated heterocycles. The Morgan fingerprint density at radius 2 is 1.13 bits per heavy atom. The maximum absolute atomic E-state index is 11.3. The van der Waals surface area contributed by atoms with E-state index in [1.165, 1.54) is 0 Å². The molecule has 0 unspecified atom stereocenters. The Kier molecular flexibility index (Phi) is 11.7. The largest absolute Gasteiger partial charge is 1.00 e. The van der Waals surface area contributed by atoms with E-state index in [0.29, 0.717) is 11.1 Å². The van der Waals surface area contributed by atoms with Crippen molar-refractivity contribution in [2.45, 2.75) is 26.9 Å². The van der Waals surface area contributed by atoms with Gasteiger partial charge in [-0.15, -0.1) is 0 Å². The van der Waals surface area contributed by atoms with Crippen LogP contribution < -0.4 is 51.4 Å². The van der Waals surface area contributed by atoms with Crippen LogP contribution in [-0.2, 0) is 22.7 Å². The first-order valence-corrected chi connectivity index (χ1v) is 9.59. The molecule has 2 rings (SSSR count).